The van der Waals surface area contributed by atoms with E-state index >= 15 is 0 Å². The molecule has 7 nitrogen and oxygen atoms in total. The van der Waals surface area contributed by atoms with Gasteiger partial charge in [-0.3, -0.25) is 13.9 Å². The maximum atomic E-state index is 13.3. The second-order valence-electron chi connectivity index (χ2n) is 7.89. The van der Waals surface area contributed by atoms with Crippen LogP contribution in [0, 0.1) is 5.92 Å². The Kier molecular flexibility index (Phi) is 5.38. The molecule has 2 aromatic heterocycles. The van der Waals surface area contributed by atoms with E-state index in [1.807, 2.05) is 28.8 Å². The summed E-state index contributed by atoms with van der Waals surface area (Å²) >= 11 is 3.48. The smallest absolute Gasteiger partial charge is 0.312 e. The number of nitrogens with zero attached hydrogens (tertiary/aromatic N) is 5. The minimum absolute atomic E-state index is 0.234. The highest BCUT2D eigenvalue weighted by molar-refractivity contribution is 9.10. The molecule has 0 amide bonds. The molecular weight excluding hydrogens is 434 g/mol. The highest BCUT2D eigenvalue weighted by atomic mass is 79.9. The highest BCUT2D eigenvalue weighted by Gasteiger charge is 2.29. The van der Waals surface area contributed by atoms with Crippen molar-refractivity contribution < 1.29 is 0 Å². The Hall–Kier alpha value is -2.35. The summed E-state index contributed by atoms with van der Waals surface area (Å²) in [5.41, 5.74) is 1.47. The average Bonchev–Trinajstić information content (AvgIpc) is 3.08. The summed E-state index contributed by atoms with van der Waals surface area (Å²) in [5.74, 6) is 1.06. The fourth-order valence-electron chi connectivity index (χ4n) is 4.06. The Bertz CT molecular complexity index is 1160. The van der Waals surface area contributed by atoms with Crippen LogP contribution in [0.25, 0.3) is 11.2 Å². The van der Waals surface area contributed by atoms with Gasteiger partial charge in [-0.1, -0.05) is 42.6 Å². The Labute approximate surface area is 177 Å². The highest BCUT2D eigenvalue weighted by Crippen LogP contribution is 2.33. The zero-order valence-corrected chi connectivity index (χ0v) is 18.6. The van der Waals surface area contributed by atoms with Gasteiger partial charge in [0.25, 0.3) is 5.56 Å². The summed E-state index contributed by atoms with van der Waals surface area (Å²) in [7, 11) is 1.70. The minimum Gasteiger partial charge on any atom is -0.312 e. The van der Waals surface area contributed by atoms with Crippen molar-refractivity contribution in [1.82, 2.24) is 18.7 Å². The number of fused-ring (bicyclic) bond motifs is 3. The number of rotatable bonds is 5. The number of unbranched alkanes of at least 4 members (excludes halogenated alkanes) is 2. The number of hydrogen-bond acceptors (Lipinski definition) is 4. The van der Waals surface area contributed by atoms with Crippen molar-refractivity contribution in [1.29, 1.82) is 0 Å². The molecule has 0 fully saturated rings. The molecular formula is C21H26BrN5O2. The molecule has 8 heteroatoms. The summed E-state index contributed by atoms with van der Waals surface area (Å²) in [6, 6.07) is 8.07. The number of imidazole rings is 1. The summed E-state index contributed by atoms with van der Waals surface area (Å²) in [6.45, 7) is 6.24. The standard InChI is InChI=1S/C21H26BrN5O2/c1-4-5-6-11-25-19(28)17-18(24(3)21(25)29)23-20-26(12-14(2)13-27(17)20)16-9-7-15(22)8-10-16/h7-10,14H,4-6,11-13H2,1-3H3/t14-/m0/s1. The Morgan fingerprint density at radius 1 is 1.14 bits per heavy atom. The normalized spacial score (nSPS) is 16.4. The Morgan fingerprint density at radius 2 is 1.86 bits per heavy atom. The lowest BCUT2D eigenvalue weighted by Crippen LogP contribution is -2.40. The van der Waals surface area contributed by atoms with Gasteiger partial charge in [-0.05, 0) is 36.6 Å². The number of halogens is 1. The number of aryl methyl sites for hydroxylation is 1. The number of hydrogen-bond donors (Lipinski definition) is 0. The van der Waals surface area contributed by atoms with Gasteiger partial charge in [0.1, 0.15) is 0 Å². The molecule has 0 spiro atoms. The molecule has 1 aromatic carbocycles. The van der Waals surface area contributed by atoms with Gasteiger partial charge in [-0.25, -0.2) is 4.79 Å². The topological polar surface area (TPSA) is 65.1 Å². The first-order valence-electron chi connectivity index (χ1n) is 10.2. The SMILES string of the molecule is CCCCCn1c(=O)c2c(nc3n2C[C@@H](C)CN3c2ccc(Br)cc2)n(C)c1=O. The van der Waals surface area contributed by atoms with Gasteiger partial charge in [0.15, 0.2) is 11.2 Å². The van der Waals surface area contributed by atoms with Crippen molar-refractivity contribution in [2.24, 2.45) is 13.0 Å². The van der Waals surface area contributed by atoms with Gasteiger partial charge >= 0.3 is 5.69 Å². The molecule has 3 heterocycles. The van der Waals surface area contributed by atoms with Crippen LogP contribution >= 0.6 is 15.9 Å². The molecule has 0 bridgehead atoms. The van der Waals surface area contributed by atoms with Crippen LogP contribution in [0.15, 0.2) is 38.3 Å². The van der Waals surface area contributed by atoms with Crippen LogP contribution < -0.4 is 16.1 Å². The van der Waals surface area contributed by atoms with E-state index in [1.54, 1.807) is 7.05 Å². The van der Waals surface area contributed by atoms with Gasteiger partial charge < -0.3 is 9.47 Å². The van der Waals surface area contributed by atoms with Crippen LogP contribution in [0.4, 0.5) is 11.6 Å². The van der Waals surface area contributed by atoms with E-state index in [0.717, 1.165) is 41.9 Å². The van der Waals surface area contributed by atoms with Crippen molar-refractivity contribution in [2.45, 2.75) is 46.2 Å². The fourth-order valence-corrected chi connectivity index (χ4v) is 4.33. The van der Waals surface area contributed by atoms with E-state index in [4.69, 9.17) is 4.98 Å². The Balaban J connectivity index is 1.91. The lowest BCUT2D eigenvalue weighted by molar-refractivity contribution is 0.457. The number of aromatic nitrogens is 4. The van der Waals surface area contributed by atoms with Crippen LogP contribution in [0.3, 0.4) is 0 Å². The lowest BCUT2D eigenvalue weighted by atomic mass is 10.1. The molecule has 0 saturated carbocycles. The van der Waals surface area contributed by atoms with Gasteiger partial charge in [-0.2, -0.15) is 4.98 Å². The third-order valence-corrected chi connectivity index (χ3v) is 6.09. The summed E-state index contributed by atoms with van der Waals surface area (Å²) < 4.78 is 5.88. The number of benzene rings is 1. The third kappa shape index (κ3) is 3.43. The van der Waals surface area contributed by atoms with E-state index in [2.05, 4.69) is 34.7 Å². The molecule has 29 heavy (non-hydrogen) atoms. The molecule has 0 radical (unpaired) electrons. The monoisotopic (exact) mass is 459 g/mol. The lowest BCUT2D eigenvalue weighted by Gasteiger charge is -2.33. The summed E-state index contributed by atoms with van der Waals surface area (Å²) in [6.07, 6.45) is 2.85. The molecule has 154 valence electrons. The van der Waals surface area contributed by atoms with Gasteiger partial charge in [0.05, 0.1) is 0 Å². The van der Waals surface area contributed by atoms with Crippen LogP contribution in [0.1, 0.15) is 33.1 Å². The first-order valence-corrected chi connectivity index (χ1v) is 10.9. The largest absolute Gasteiger partial charge is 0.332 e. The molecule has 3 aromatic rings. The zero-order valence-electron chi connectivity index (χ0n) is 17.1. The van der Waals surface area contributed by atoms with Gasteiger partial charge in [0.2, 0.25) is 5.95 Å². The molecule has 4 rings (SSSR count). The predicted molar refractivity (Wildman–Crippen MR) is 119 cm³/mol. The molecule has 0 unspecified atom stereocenters. The maximum absolute atomic E-state index is 13.3. The van der Waals surface area contributed by atoms with Crippen molar-refractivity contribution in [3.05, 3.63) is 49.6 Å². The van der Waals surface area contributed by atoms with Crippen molar-refractivity contribution in [3.8, 4) is 0 Å². The quantitative estimate of drug-likeness (QED) is 0.546. The van der Waals surface area contributed by atoms with E-state index < -0.39 is 0 Å². The van der Waals surface area contributed by atoms with E-state index in [0.29, 0.717) is 30.2 Å². The van der Waals surface area contributed by atoms with Crippen LogP contribution in [0.5, 0.6) is 0 Å². The molecule has 1 aliphatic rings. The predicted octanol–water partition coefficient (Wildman–Crippen LogP) is 3.64. The second-order valence-corrected chi connectivity index (χ2v) is 8.81. The minimum atomic E-state index is -0.294. The molecule has 1 atom stereocenters. The molecule has 0 saturated heterocycles. The first-order chi connectivity index (χ1) is 13.9. The fraction of sp³-hybridized carbons (Fsp3) is 0.476. The third-order valence-electron chi connectivity index (χ3n) is 5.57. The van der Waals surface area contributed by atoms with Crippen LogP contribution in [-0.2, 0) is 20.1 Å². The van der Waals surface area contributed by atoms with Crippen LogP contribution in [-0.4, -0.2) is 25.2 Å². The number of anilines is 2. The Morgan fingerprint density at radius 3 is 2.55 bits per heavy atom. The zero-order chi connectivity index (χ0) is 20.7. The molecule has 0 N–H and O–H groups in total. The van der Waals surface area contributed by atoms with E-state index in [1.165, 1.54) is 9.13 Å². The second kappa shape index (κ2) is 7.82. The maximum Gasteiger partial charge on any atom is 0.332 e. The van der Waals surface area contributed by atoms with E-state index in [-0.39, 0.29) is 11.2 Å². The van der Waals surface area contributed by atoms with Crippen molar-refractivity contribution >= 4 is 38.7 Å². The first kappa shape index (κ1) is 19.9. The van der Waals surface area contributed by atoms with Gasteiger partial charge in [0, 0.05) is 36.8 Å². The van der Waals surface area contributed by atoms with E-state index in [9.17, 15) is 9.59 Å². The van der Waals surface area contributed by atoms with Crippen molar-refractivity contribution in [3.63, 3.8) is 0 Å². The molecule has 1 aliphatic heterocycles. The summed E-state index contributed by atoms with van der Waals surface area (Å²) in [4.78, 5) is 33.0. The van der Waals surface area contributed by atoms with Gasteiger partial charge in [-0.15, -0.1) is 0 Å². The van der Waals surface area contributed by atoms with Crippen molar-refractivity contribution in [2.75, 3.05) is 11.4 Å². The summed E-state index contributed by atoms with van der Waals surface area (Å²) in [5, 5.41) is 0. The molecule has 0 aliphatic carbocycles. The average molecular weight is 460 g/mol. The van der Waals surface area contributed by atoms with Crippen LogP contribution in [0.2, 0.25) is 0 Å².